The summed E-state index contributed by atoms with van der Waals surface area (Å²) in [6.45, 7) is 1.98. The van der Waals surface area contributed by atoms with E-state index < -0.39 is 23.9 Å². The van der Waals surface area contributed by atoms with Gasteiger partial charge in [0.15, 0.2) is 0 Å². The molecule has 1 amide bonds. The van der Waals surface area contributed by atoms with Crippen molar-refractivity contribution in [3.05, 3.63) is 65.2 Å². The molecule has 30 heavy (non-hydrogen) atoms. The lowest BCUT2D eigenvalue weighted by Crippen LogP contribution is -2.48. The molecule has 2 aromatic rings. The molecule has 0 radical (unpaired) electrons. The highest BCUT2D eigenvalue weighted by molar-refractivity contribution is 6.01. The molecule has 158 valence electrons. The molecule has 0 saturated carbocycles. The minimum atomic E-state index is -0.952. The van der Waals surface area contributed by atoms with Crippen LogP contribution in [-0.4, -0.2) is 36.1 Å². The monoisotopic (exact) mass is 409 g/mol. The maximum absolute atomic E-state index is 13.2. The van der Waals surface area contributed by atoms with Gasteiger partial charge < -0.3 is 9.84 Å². The van der Waals surface area contributed by atoms with Crippen molar-refractivity contribution < 1.29 is 24.2 Å². The molecule has 3 rings (SSSR count). The van der Waals surface area contributed by atoms with Crippen molar-refractivity contribution in [1.82, 2.24) is 0 Å². The zero-order chi connectivity index (χ0) is 21.7. The number of carboxylic acid groups (broad SMARTS) is 1. The Morgan fingerprint density at radius 2 is 1.83 bits per heavy atom. The molecule has 2 unspecified atom stereocenters. The summed E-state index contributed by atoms with van der Waals surface area (Å²) in [7, 11) is 1.31. The lowest BCUT2D eigenvalue weighted by molar-refractivity contribution is -0.144. The number of aliphatic carboxylic acids is 1. The first-order valence-electron chi connectivity index (χ1n) is 10.3. The number of hydrogen-bond acceptors (Lipinski definition) is 4. The fourth-order valence-electron chi connectivity index (χ4n) is 4.21. The van der Waals surface area contributed by atoms with Gasteiger partial charge in [-0.15, -0.1) is 0 Å². The number of ether oxygens (including phenoxy) is 1. The van der Waals surface area contributed by atoms with Crippen LogP contribution in [0.15, 0.2) is 48.5 Å². The standard InChI is InChI=1S/C24H27NO5/c1-3-16-8-4-6-10-18(16)19(23(27)28)13-15-22(26)25-20-11-7-5-9-17(20)12-14-21(25)24(29)30-2/h4-11,19,21H,3,12-15H2,1-2H3,(H,27,28). The predicted molar refractivity (Wildman–Crippen MR) is 113 cm³/mol. The first-order valence-corrected chi connectivity index (χ1v) is 10.3. The van der Waals surface area contributed by atoms with Gasteiger partial charge in [-0.2, -0.15) is 0 Å². The SMILES string of the molecule is CCc1ccccc1C(CCC(=O)N1c2ccccc2CCC1C(=O)OC)C(=O)O. The van der Waals surface area contributed by atoms with E-state index in [2.05, 4.69) is 0 Å². The molecule has 0 aromatic heterocycles. The van der Waals surface area contributed by atoms with E-state index in [1.165, 1.54) is 12.0 Å². The number of anilines is 1. The van der Waals surface area contributed by atoms with E-state index in [1.807, 2.05) is 55.5 Å². The second-order valence-corrected chi connectivity index (χ2v) is 7.45. The molecule has 0 bridgehead atoms. The van der Waals surface area contributed by atoms with E-state index in [0.717, 1.165) is 23.1 Å². The number of esters is 1. The minimum Gasteiger partial charge on any atom is -0.481 e. The highest BCUT2D eigenvalue weighted by Gasteiger charge is 2.36. The van der Waals surface area contributed by atoms with Gasteiger partial charge in [0.2, 0.25) is 5.91 Å². The Morgan fingerprint density at radius 1 is 1.13 bits per heavy atom. The van der Waals surface area contributed by atoms with E-state index in [4.69, 9.17) is 4.74 Å². The molecule has 1 aliphatic heterocycles. The van der Waals surface area contributed by atoms with Crippen molar-refractivity contribution in [2.45, 2.75) is 51.0 Å². The first-order chi connectivity index (χ1) is 14.5. The summed E-state index contributed by atoms with van der Waals surface area (Å²) in [4.78, 5) is 39.0. The average molecular weight is 409 g/mol. The number of aryl methyl sites for hydroxylation is 2. The van der Waals surface area contributed by atoms with Crippen LogP contribution in [-0.2, 0) is 32.0 Å². The molecule has 6 heteroatoms. The van der Waals surface area contributed by atoms with E-state index in [1.54, 1.807) is 0 Å². The summed E-state index contributed by atoms with van der Waals surface area (Å²) >= 11 is 0. The van der Waals surface area contributed by atoms with Crippen LogP contribution < -0.4 is 4.90 Å². The molecule has 1 N–H and O–H groups in total. The molecule has 2 atom stereocenters. The van der Waals surface area contributed by atoms with Gasteiger partial charge in [-0.1, -0.05) is 49.4 Å². The summed E-state index contributed by atoms with van der Waals surface area (Å²) < 4.78 is 4.92. The van der Waals surface area contributed by atoms with E-state index >= 15 is 0 Å². The predicted octanol–water partition coefficient (Wildman–Crippen LogP) is 3.72. The number of fused-ring (bicyclic) bond motifs is 1. The number of amides is 1. The quantitative estimate of drug-likeness (QED) is 0.705. The Morgan fingerprint density at radius 3 is 2.53 bits per heavy atom. The molecule has 0 aliphatic carbocycles. The number of para-hydroxylation sites is 1. The van der Waals surface area contributed by atoms with Crippen LogP contribution in [0, 0.1) is 0 Å². The molecule has 1 heterocycles. The number of nitrogens with zero attached hydrogens (tertiary/aromatic N) is 1. The molecule has 0 fully saturated rings. The van der Waals surface area contributed by atoms with Gasteiger partial charge >= 0.3 is 11.9 Å². The first kappa shape index (κ1) is 21.6. The topological polar surface area (TPSA) is 83.9 Å². The Kier molecular flexibility index (Phi) is 6.87. The van der Waals surface area contributed by atoms with Gasteiger partial charge in [-0.3, -0.25) is 14.5 Å². The van der Waals surface area contributed by atoms with E-state index in [9.17, 15) is 19.5 Å². The molecule has 0 saturated heterocycles. The third kappa shape index (κ3) is 4.37. The van der Waals surface area contributed by atoms with Crippen LogP contribution in [0.5, 0.6) is 0 Å². The van der Waals surface area contributed by atoms with Gasteiger partial charge in [0.05, 0.1) is 13.0 Å². The van der Waals surface area contributed by atoms with Crippen molar-refractivity contribution in [2.75, 3.05) is 12.0 Å². The number of carbonyl (C=O) groups is 3. The third-order valence-corrected chi connectivity index (χ3v) is 5.75. The van der Waals surface area contributed by atoms with Crippen LogP contribution in [0.1, 0.15) is 48.8 Å². The smallest absolute Gasteiger partial charge is 0.328 e. The Balaban J connectivity index is 1.85. The van der Waals surface area contributed by atoms with Gasteiger partial charge in [0, 0.05) is 12.1 Å². The highest BCUT2D eigenvalue weighted by atomic mass is 16.5. The summed E-state index contributed by atoms with van der Waals surface area (Å²) in [6.07, 6.45) is 2.07. The number of rotatable bonds is 7. The summed E-state index contributed by atoms with van der Waals surface area (Å²) in [6, 6.07) is 14.3. The minimum absolute atomic E-state index is 0.0246. The Bertz CT molecular complexity index is 939. The van der Waals surface area contributed by atoms with Crippen LogP contribution in [0.4, 0.5) is 5.69 Å². The number of hydrogen-bond donors (Lipinski definition) is 1. The van der Waals surface area contributed by atoms with Gasteiger partial charge in [0.1, 0.15) is 6.04 Å². The van der Waals surface area contributed by atoms with Gasteiger partial charge in [0.25, 0.3) is 0 Å². The lowest BCUT2D eigenvalue weighted by Gasteiger charge is -2.35. The lowest BCUT2D eigenvalue weighted by atomic mass is 9.89. The van der Waals surface area contributed by atoms with Crippen LogP contribution in [0.3, 0.4) is 0 Å². The maximum atomic E-state index is 13.2. The Labute approximate surface area is 176 Å². The Hall–Kier alpha value is -3.15. The second kappa shape index (κ2) is 9.57. The molecule has 0 spiro atoms. The average Bonchev–Trinajstić information content (AvgIpc) is 2.77. The molecule has 2 aromatic carbocycles. The highest BCUT2D eigenvalue weighted by Crippen LogP contribution is 2.33. The van der Waals surface area contributed by atoms with Crippen LogP contribution in [0.25, 0.3) is 0 Å². The normalized spacial score (nSPS) is 16.5. The van der Waals surface area contributed by atoms with Crippen molar-refractivity contribution in [3.8, 4) is 0 Å². The summed E-state index contributed by atoms with van der Waals surface area (Å²) in [5, 5.41) is 9.81. The fraction of sp³-hybridized carbons (Fsp3) is 0.375. The maximum Gasteiger partial charge on any atom is 0.328 e. The van der Waals surface area contributed by atoms with Gasteiger partial charge in [-0.05, 0) is 48.4 Å². The number of benzene rings is 2. The molecule has 1 aliphatic rings. The third-order valence-electron chi connectivity index (χ3n) is 5.75. The molecular formula is C24H27NO5. The number of methoxy groups -OCH3 is 1. The van der Waals surface area contributed by atoms with Crippen molar-refractivity contribution >= 4 is 23.5 Å². The number of carboxylic acids is 1. The van der Waals surface area contributed by atoms with E-state index in [0.29, 0.717) is 18.5 Å². The van der Waals surface area contributed by atoms with E-state index in [-0.39, 0.29) is 18.7 Å². The van der Waals surface area contributed by atoms with Crippen molar-refractivity contribution in [2.24, 2.45) is 0 Å². The zero-order valence-electron chi connectivity index (χ0n) is 17.3. The van der Waals surface area contributed by atoms with Crippen molar-refractivity contribution in [3.63, 3.8) is 0 Å². The number of carbonyl (C=O) groups excluding carboxylic acids is 2. The van der Waals surface area contributed by atoms with Crippen LogP contribution in [0.2, 0.25) is 0 Å². The summed E-state index contributed by atoms with van der Waals surface area (Å²) in [5.41, 5.74) is 3.40. The fourth-order valence-corrected chi connectivity index (χ4v) is 4.21. The molecule has 6 nitrogen and oxygen atoms in total. The second-order valence-electron chi connectivity index (χ2n) is 7.45. The zero-order valence-corrected chi connectivity index (χ0v) is 17.3. The summed E-state index contributed by atoms with van der Waals surface area (Å²) in [5.74, 6) is -2.45. The molecular weight excluding hydrogens is 382 g/mol. The van der Waals surface area contributed by atoms with Gasteiger partial charge in [-0.25, -0.2) is 4.79 Å². The van der Waals surface area contributed by atoms with Crippen molar-refractivity contribution in [1.29, 1.82) is 0 Å². The van der Waals surface area contributed by atoms with Crippen LogP contribution >= 0.6 is 0 Å². The largest absolute Gasteiger partial charge is 0.481 e.